The molecule has 0 saturated carbocycles. The van der Waals surface area contributed by atoms with Crippen LogP contribution < -0.4 is 10.6 Å². The number of amides is 1. The molecule has 1 aliphatic rings. The van der Waals surface area contributed by atoms with Crippen LogP contribution in [0.3, 0.4) is 0 Å². The molecule has 1 aromatic heterocycles. The highest BCUT2D eigenvalue weighted by Gasteiger charge is 2.20. The van der Waals surface area contributed by atoms with E-state index in [4.69, 9.17) is 0 Å². The second-order valence-corrected chi connectivity index (χ2v) is 3.87. The predicted octanol–water partition coefficient (Wildman–Crippen LogP) is 0.501. The summed E-state index contributed by atoms with van der Waals surface area (Å²) in [5, 5.41) is 10.1. The lowest BCUT2D eigenvalue weighted by Gasteiger charge is -2.21. The average Bonchev–Trinajstić information content (AvgIpc) is 2.65. The lowest BCUT2D eigenvalue weighted by molar-refractivity contribution is -0.118. The highest BCUT2D eigenvalue weighted by Crippen LogP contribution is 2.09. The molecule has 0 radical (unpaired) electrons. The zero-order chi connectivity index (χ0) is 10.7. The number of aryl methyl sites for hydroxylation is 1. The molecular formula is C10H16N4O. The second kappa shape index (κ2) is 4.44. The van der Waals surface area contributed by atoms with Crippen molar-refractivity contribution in [1.82, 2.24) is 15.1 Å². The fourth-order valence-electron chi connectivity index (χ4n) is 1.77. The first-order chi connectivity index (χ1) is 7.25. The SMILES string of the molecule is Cn1ccc(NC(=O)[C@H]2CCCCN2)n1. The summed E-state index contributed by atoms with van der Waals surface area (Å²) in [6.45, 7) is 0.931. The van der Waals surface area contributed by atoms with Crippen molar-refractivity contribution < 1.29 is 4.79 Å². The zero-order valence-corrected chi connectivity index (χ0v) is 8.86. The Morgan fingerprint density at radius 3 is 3.13 bits per heavy atom. The van der Waals surface area contributed by atoms with E-state index in [9.17, 15) is 4.79 Å². The van der Waals surface area contributed by atoms with Crippen LogP contribution in [0.2, 0.25) is 0 Å². The molecule has 2 heterocycles. The van der Waals surface area contributed by atoms with E-state index in [1.807, 2.05) is 13.2 Å². The molecular weight excluding hydrogens is 192 g/mol. The largest absolute Gasteiger partial charge is 0.308 e. The molecule has 0 unspecified atom stereocenters. The highest BCUT2D eigenvalue weighted by atomic mass is 16.2. The van der Waals surface area contributed by atoms with E-state index in [0.717, 1.165) is 25.8 Å². The van der Waals surface area contributed by atoms with Crippen molar-refractivity contribution in [3.05, 3.63) is 12.3 Å². The van der Waals surface area contributed by atoms with Crippen molar-refractivity contribution in [2.45, 2.75) is 25.3 Å². The third-order valence-electron chi connectivity index (χ3n) is 2.59. The summed E-state index contributed by atoms with van der Waals surface area (Å²) in [5.41, 5.74) is 0. The van der Waals surface area contributed by atoms with Crippen LogP contribution in [-0.4, -0.2) is 28.3 Å². The van der Waals surface area contributed by atoms with Gasteiger partial charge < -0.3 is 10.6 Å². The second-order valence-electron chi connectivity index (χ2n) is 3.87. The maximum atomic E-state index is 11.8. The van der Waals surface area contributed by atoms with Gasteiger partial charge in [0.2, 0.25) is 5.91 Å². The lowest BCUT2D eigenvalue weighted by Crippen LogP contribution is -2.43. The van der Waals surface area contributed by atoms with Crippen molar-refractivity contribution >= 4 is 11.7 Å². The minimum atomic E-state index is -0.0549. The van der Waals surface area contributed by atoms with Crippen molar-refractivity contribution in [2.24, 2.45) is 7.05 Å². The molecule has 1 saturated heterocycles. The van der Waals surface area contributed by atoms with Crippen LogP contribution in [0.5, 0.6) is 0 Å². The lowest BCUT2D eigenvalue weighted by atomic mass is 10.0. The number of hydrogen-bond donors (Lipinski definition) is 2. The standard InChI is InChI=1S/C10H16N4O/c1-14-7-5-9(13-14)12-10(15)8-4-2-3-6-11-8/h5,7-8,11H,2-4,6H2,1H3,(H,12,13,15)/t8-/m1/s1. The van der Waals surface area contributed by atoms with E-state index < -0.39 is 0 Å². The molecule has 2 rings (SSSR count). The molecule has 1 aliphatic heterocycles. The summed E-state index contributed by atoms with van der Waals surface area (Å²) >= 11 is 0. The summed E-state index contributed by atoms with van der Waals surface area (Å²) in [6.07, 6.45) is 5.00. The Morgan fingerprint density at radius 1 is 1.67 bits per heavy atom. The average molecular weight is 208 g/mol. The predicted molar refractivity (Wildman–Crippen MR) is 57.5 cm³/mol. The first-order valence-electron chi connectivity index (χ1n) is 5.29. The molecule has 0 aromatic carbocycles. The van der Waals surface area contributed by atoms with Crippen LogP contribution in [0.1, 0.15) is 19.3 Å². The number of rotatable bonds is 2. The van der Waals surface area contributed by atoms with Crippen molar-refractivity contribution in [1.29, 1.82) is 0 Å². The molecule has 1 aromatic rings. The minimum Gasteiger partial charge on any atom is -0.308 e. The van der Waals surface area contributed by atoms with Gasteiger partial charge in [-0.1, -0.05) is 6.42 Å². The van der Waals surface area contributed by atoms with Gasteiger partial charge >= 0.3 is 0 Å². The molecule has 0 aliphatic carbocycles. The monoisotopic (exact) mass is 208 g/mol. The van der Waals surface area contributed by atoms with Gasteiger partial charge in [-0.2, -0.15) is 5.10 Å². The van der Waals surface area contributed by atoms with Crippen LogP contribution in [0.15, 0.2) is 12.3 Å². The molecule has 5 nitrogen and oxygen atoms in total. The Balaban J connectivity index is 1.91. The highest BCUT2D eigenvalue weighted by molar-refractivity contribution is 5.94. The number of anilines is 1. The van der Waals surface area contributed by atoms with Gasteiger partial charge in [0, 0.05) is 19.3 Å². The third-order valence-corrected chi connectivity index (χ3v) is 2.59. The molecule has 0 bridgehead atoms. The number of piperidine rings is 1. The van der Waals surface area contributed by atoms with E-state index >= 15 is 0 Å². The maximum Gasteiger partial charge on any atom is 0.242 e. The number of nitrogens with zero attached hydrogens (tertiary/aromatic N) is 2. The van der Waals surface area contributed by atoms with Gasteiger partial charge in [0.15, 0.2) is 5.82 Å². The molecule has 1 fully saturated rings. The fourth-order valence-corrected chi connectivity index (χ4v) is 1.77. The fraction of sp³-hybridized carbons (Fsp3) is 0.600. The Morgan fingerprint density at radius 2 is 2.53 bits per heavy atom. The van der Waals surface area contributed by atoms with Gasteiger partial charge in [-0.25, -0.2) is 0 Å². The van der Waals surface area contributed by atoms with Crippen molar-refractivity contribution in [3.63, 3.8) is 0 Å². The van der Waals surface area contributed by atoms with Crippen LogP contribution in [0.25, 0.3) is 0 Å². The Labute approximate surface area is 88.8 Å². The van der Waals surface area contributed by atoms with Crippen LogP contribution >= 0.6 is 0 Å². The van der Waals surface area contributed by atoms with Gasteiger partial charge in [-0.05, 0) is 19.4 Å². The number of carbonyl (C=O) groups is 1. The summed E-state index contributed by atoms with van der Waals surface area (Å²) < 4.78 is 1.67. The van der Waals surface area contributed by atoms with E-state index in [-0.39, 0.29) is 11.9 Å². The third kappa shape index (κ3) is 2.56. The normalized spacial score (nSPS) is 21.3. The topological polar surface area (TPSA) is 59.0 Å². The summed E-state index contributed by atoms with van der Waals surface area (Å²) in [6, 6.07) is 1.74. The number of nitrogens with one attached hydrogen (secondary N) is 2. The number of aromatic nitrogens is 2. The van der Waals surface area contributed by atoms with E-state index in [2.05, 4.69) is 15.7 Å². The van der Waals surface area contributed by atoms with E-state index in [0.29, 0.717) is 5.82 Å². The molecule has 82 valence electrons. The molecule has 0 spiro atoms. The minimum absolute atomic E-state index is 0.0217. The Bertz CT molecular complexity index is 341. The Kier molecular flexibility index (Phi) is 3.01. The van der Waals surface area contributed by atoms with Crippen LogP contribution in [0, 0.1) is 0 Å². The van der Waals surface area contributed by atoms with Gasteiger partial charge in [-0.15, -0.1) is 0 Å². The van der Waals surface area contributed by atoms with Crippen molar-refractivity contribution in [3.8, 4) is 0 Å². The summed E-state index contributed by atoms with van der Waals surface area (Å²) in [7, 11) is 1.83. The summed E-state index contributed by atoms with van der Waals surface area (Å²) in [5.74, 6) is 0.642. The van der Waals surface area contributed by atoms with Gasteiger partial charge in [0.1, 0.15) is 0 Å². The van der Waals surface area contributed by atoms with Crippen LogP contribution in [0.4, 0.5) is 5.82 Å². The van der Waals surface area contributed by atoms with Gasteiger partial charge in [0.05, 0.1) is 6.04 Å². The zero-order valence-electron chi connectivity index (χ0n) is 8.86. The first kappa shape index (κ1) is 10.2. The molecule has 15 heavy (non-hydrogen) atoms. The van der Waals surface area contributed by atoms with E-state index in [1.165, 1.54) is 0 Å². The van der Waals surface area contributed by atoms with E-state index in [1.54, 1.807) is 10.7 Å². The van der Waals surface area contributed by atoms with Crippen molar-refractivity contribution in [2.75, 3.05) is 11.9 Å². The molecule has 2 N–H and O–H groups in total. The van der Waals surface area contributed by atoms with Crippen LogP contribution in [-0.2, 0) is 11.8 Å². The molecule has 5 heteroatoms. The van der Waals surface area contributed by atoms with Gasteiger partial charge in [-0.3, -0.25) is 9.48 Å². The quantitative estimate of drug-likeness (QED) is 0.744. The Hall–Kier alpha value is -1.36. The molecule has 1 amide bonds. The smallest absolute Gasteiger partial charge is 0.242 e. The maximum absolute atomic E-state index is 11.8. The number of hydrogen-bond acceptors (Lipinski definition) is 3. The first-order valence-corrected chi connectivity index (χ1v) is 5.29. The van der Waals surface area contributed by atoms with Gasteiger partial charge in [0.25, 0.3) is 0 Å². The molecule has 1 atom stereocenters. The number of carbonyl (C=O) groups excluding carboxylic acids is 1. The summed E-state index contributed by atoms with van der Waals surface area (Å²) in [4.78, 5) is 11.8.